The Morgan fingerprint density at radius 1 is 1.07 bits per heavy atom. The van der Waals surface area contributed by atoms with Crippen molar-refractivity contribution in [3.8, 4) is 0 Å². The van der Waals surface area contributed by atoms with Gasteiger partial charge in [0.25, 0.3) is 17.5 Å². The Labute approximate surface area is 177 Å². The molecule has 8 heteroatoms. The van der Waals surface area contributed by atoms with Gasteiger partial charge in [-0.05, 0) is 24.6 Å². The number of nitro benzene ring substituents is 1. The Kier molecular flexibility index (Phi) is 5.13. The van der Waals surface area contributed by atoms with E-state index in [9.17, 15) is 19.7 Å². The fraction of sp³-hybridized carbons (Fsp3) is 0.182. The van der Waals surface area contributed by atoms with Gasteiger partial charge in [0.1, 0.15) is 5.69 Å². The Morgan fingerprint density at radius 2 is 1.80 bits per heavy atom. The topological polar surface area (TPSA) is 92.6 Å². The summed E-state index contributed by atoms with van der Waals surface area (Å²) >= 11 is 6.22. The Bertz CT molecular complexity index is 1210. The maximum atomic E-state index is 13.1. The fourth-order valence-corrected chi connectivity index (χ4v) is 3.87. The van der Waals surface area contributed by atoms with Crippen molar-refractivity contribution < 1.29 is 14.5 Å². The molecule has 0 radical (unpaired) electrons. The van der Waals surface area contributed by atoms with Gasteiger partial charge in [0, 0.05) is 28.9 Å². The summed E-state index contributed by atoms with van der Waals surface area (Å²) in [7, 11) is 0. The number of nitro groups is 1. The van der Waals surface area contributed by atoms with Crippen LogP contribution < -0.4 is 5.32 Å². The van der Waals surface area contributed by atoms with E-state index in [0.717, 1.165) is 6.42 Å². The first kappa shape index (κ1) is 19.8. The lowest BCUT2D eigenvalue weighted by molar-refractivity contribution is -0.383. The first-order valence-corrected chi connectivity index (χ1v) is 9.93. The number of halogens is 1. The number of hydrogen-bond donors (Lipinski definition) is 1. The molecule has 1 aliphatic heterocycles. The van der Waals surface area contributed by atoms with E-state index in [4.69, 9.17) is 11.6 Å². The number of nitrogens with zero attached hydrogens (tertiary/aromatic N) is 2. The van der Waals surface area contributed by atoms with Crippen LogP contribution >= 0.6 is 11.6 Å². The number of unbranched alkanes of at least 4 members (excludes halogenated alkanes) is 1. The first-order valence-electron chi connectivity index (χ1n) is 9.56. The van der Waals surface area contributed by atoms with Crippen molar-refractivity contribution in [2.75, 3.05) is 11.9 Å². The van der Waals surface area contributed by atoms with Crippen LogP contribution in [0.2, 0.25) is 5.02 Å². The minimum Gasteiger partial charge on any atom is -0.348 e. The summed E-state index contributed by atoms with van der Waals surface area (Å²) in [5.41, 5.74) is 0.938. The molecule has 0 aliphatic carbocycles. The highest BCUT2D eigenvalue weighted by Crippen LogP contribution is 2.42. The lowest BCUT2D eigenvalue weighted by Gasteiger charge is -2.27. The van der Waals surface area contributed by atoms with Crippen LogP contribution in [0, 0.1) is 10.1 Å². The minimum atomic E-state index is -0.540. The predicted octanol–water partition coefficient (Wildman–Crippen LogP) is 5.54. The molecule has 7 nitrogen and oxygen atoms in total. The van der Waals surface area contributed by atoms with Crippen molar-refractivity contribution in [2.45, 2.75) is 19.8 Å². The largest absolute Gasteiger partial charge is 0.348 e. The molecular formula is C22H18ClN3O4. The van der Waals surface area contributed by atoms with Crippen LogP contribution in [0.5, 0.6) is 0 Å². The molecule has 1 N–H and O–H groups in total. The maximum Gasteiger partial charge on any atom is 0.294 e. The van der Waals surface area contributed by atoms with Gasteiger partial charge in [0.2, 0.25) is 0 Å². The van der Waals surface area contributed by atoms with Crippen molar-refractivity contribution in [1.82, 2.24) is 4.90 Å². The number of rotatable bonds is 6. The average Bonchev–Trinajstić information content (AvgIpc) is 2.73. The van der Waals surface area contributed by atoms with Gasteiger partial charge in [-0.3, -0.25) is 24.6 Å². The Hall–Kier alpha value is -3.45. The second kappa shape index (κ2) is 7.76. The first-order chi connectivity index (χ1) is 14.4. The highest BCUT2D eigenvalue weighted by Gasteiger charge is 2.35. The molecule has 2 amide bonds. The molecule has 0 bridgehead atoms. The number of carbonyl (C=O) groups excluding carboxylic acids is 2. The van der Waals surface area contributed by atoms with E-state index >= 15 is 0 Å². The van der Waals surface area contributed by atoms with Gasteiger partial charge >= 0.3 is 0 Å². The molecule has 0 atom stereocenters. The quantitative estimate of drug-likeness (QED) is 0.319. The number of anilines is 2. The Balaban J connectivity index is 1.97. The Morgan fingerprint density at radius 3 is 2.50 bits per heavy atom. The maximum absolute atomic E-state index is 13.1. The monoisotopic (exact) mass is 423 g/mol. The van der Waals surface area contributed by atoms with Gasteiger partial charge in [-0.1, -0.05) is 49.2 Å². The third kappa shape index (κ3) is 3.17. The third-order valence-electron chi connectivity index (χ3n) is 5.16. The van der Waals surface area contributed by atoms with Crippen LogP contribution in [0.15, 0.2) is 48.5 Å². The van der Waals surface area contributed by atoms with Crippen molar-refractivity contribution in [2.24, 2.45) is 0 Å². The van der Waals surface area contributed by atoms with Crippen LogP contribution in [0.3, 0.4) is 0 Å². The van der Waals surface area contributed by atoms with Gasteiger partial charge in [0.05, 0.1) is 21.2 Å². The van der Waals surface area contributed by atoms with Gasteiger partial charge < -0.3 is 5.32 Å². The summed E-state index contributed by atoms with van der Waals surface area (Å²) in [5.74, 6) is -0.895. The van der Waals surface area contributed by atoms with Crippen LogP contribution in [-0.4, -0.2) is 28.2 Å². The van der Waals surface area contributed by atoms with Gasteiger partial charge in [-0.15, -0.1) is 0 Å². The zero-order valence-electron chi connectivity index (χ0n) is 16.1. The predicted molar refractivity (Wildman–Crippen MR) is 116 cm³/mol. The SMILES string of the molecule is CCCCN1C(=O)c2cccc3c(Nc4ccccc4Cl)c([N+](=O)[O-])cc(c23)C1=O. The second-order valence-corrected chi connectivity index (χ2v) is 7.43. The number of nitrogens with one attached hydrogen (secondary N) is 1. The summed E-state index contributed by atoms with van der Waals surface area (Å²) in [6.45, 7) is 2.24. The molecule has 3 aromatic carbocycles. The fourth-order valence-electron chi connectivity index (χ4n) is 3.69. The summed E-state index contributed by atoms with van der Waals surface area (Å²) in [6, 6.07) is 13.1. The number of benzene rings is 3. The molecule has 4 rings (SSSR count). The molecule has 0 fully saturated rings. The normalized spacial score (nSPS) is 13.1. The van der Waals surface area contributed by atoms with E-state index < -0.39 is 10.8 Å². The summed E-state index contributed by atoms with van der Waals surface area (Å²) in [5, 5.41) is 16.1. The zero-order chi connectivity index (χ0) is 21.4. The molecule has 0 aromatic heterocycles. The number of carbonyl (C=O) groups is 2. The lowest BCUT2D eigenvalue weighted by Crippen LogP contribution is -2.40. The molecule has 0 saturated heterocycles. The van der Waals surface area contributed by atoms with Crippen molar-refractivity contribution >= 4 is 51.2 Å². The molecule has 30 heavy (non-hydrogen) atoms. The molecule has 0 unspecified atom stereocenters. The zero-order valence-corrected chi connectivity index (χ0v) is 16.9. The number of imide groups is 1. The summed E-state index contributed by atoms with van der Waals surface area (Å²) < 4.78 is 0. The lowest BCUT2D eigenvalue weighted by atomic mass is 9.92. The van der Waals surface area contributed by atoms with Crippen LogP contribution in [0.4, 0.5) is 17.1 Å². The highest BCUT2D eigenvalue weighted by molar-refractivity contribution is 6.33. The second-order valence-electron chi connectivity index (χ2n) is 7.02. The summed E-state index contributed by atoms with van der Waals surface area (Å²) in [6.07, 6.45) is 1.48. The van der Waals surface area contributed by atoms with E-state index in [2.05, 4.69) is 5.32 Å². The molecule has 152 valence electrons. The third-order valence-corrected chi connectivity index (χ3v) is 5.49. The smallest absolute Gasteiger partial charge is 0.294 e. The number of amides is 2. The van der Waals surface area contributed by atoms with Crippen molar-refractivity contribution in [3.05, 3.63) is 74.8 Å². The van der Waals surface area contributed by atoms with E-state index in [0.29, 0.717) is 33.5 Å². The van der Waals surface area contributed by atoms with Crippen LogP contribution in [0.1, 0.15) is 40.5 Å². The van der Waals surface area contributed by atoms with E-state index in [1.807, 2.05) is 6.92 Å². The van der Waals surface area contributed by atoms with Crippen LogP contribution in [-0.2, 0) is 0 Å². The van der Waals surface area contributed by atoms with Gasteiger partial charge in [-0.25, -0.2) is 0 Å². The summed E-state index contributed by atoms with van der Waals surface area (Å²) in [4.78, 5) is 38.6. The number of hydrogen-bond acceptors (Lipinski definition) is 5. The molecular weight excluding hydrogens is 406 g/mol. The molecule has 0 saturated carbocycles. The molecule has 1 heterocycles. The average molecular weight is 424 g/mol. The minimum absolute atomic E-state index is 0.160. The van der Waals surface area contributed by atoms with Crippen molar-refractivity contribution in [1.29, 1.82) is 0 Å². The number of para-hydroxylation sites is 1. The molecule has 3 aromatic rings. The van der Waals surface area contributed by atoms with E-state index in [1.54, 1.807) is 42.5 Å². The van der Waals surface area contributed by atoms with Crippen LogP contribution in [0.25, 0.3) is 10.8 Å². The molecule has 0 spiro atoms. The van der Waals surface area contributed by atoms with Crippen molar-refractivity contribution in [3.63, 3.8) is 0 Å². The van der Waals surface area contributed by atoms with E-state index in [1.165, 1.54) is 11.0 Å². The highest BCUT2D eigenvalue weighted by atomic mass is 35.5. The van der Waals surface area contributed by atoms with Gasteiger partial charge in [0.15, 0.2) is 0 Å². The molecule has 1 aliphatic rings. The van der Waals surface area contributed by atoms with E-state index in [-0.39, 0.29) is 29.4 Å². The van der Waals surface area contributed by atoms with Gasteiger partial charge in [-0.2, -0.15) is 0 Å². The standard InChI is InChI=1S/C22H18ClN3O4/c1-2-3-11-25-21(27)14-8-6-7-13-19(14)15(22(25)28)12-18(26(29)30)20(13)24-17-10-5-4-9-16(17)23/h4-10,12,24H,2-3,11H2,1H3.